The zero-order valence-electron chi connectivity index (χ0n) is 7.75. The van der Waals surface area contributed by atoms with E-state index in [9.17, 15) is 0 Å². The molecule has 2 aliphatic rings. The lowest BCUT2D eigenvalue weighted by molar-refractivity contribution is -0.146. The maximum atomic E-state index is 5.94. The van der Waals surface area contributed by atoms with E-state index in [1.165, 1.54) is 6.42 Å². The van der Waals surface area contributed by atoms with Crippen molar-refractivity contribution in [3.63, 3.8) is 0 Å². The molecule has 0 spiro atoms. The normalized spacial score (nSPS) is 45.8. The highest BCUT2D eigenvalue weighted by Crippen LogP contribution is 2.35. The standard InChI is InChI=1S/C9H17NO2/c1-9(2)11-7-5-3-4-6(10)8(7)12-9/h6-8H,3-5,10H2,1-2H3/t6-,7-,8+/m0/s1. The fourth-order valence-electron chi connectivity index (χ4n) is 2.17. The van der Waals surface area contributed by atoms with Crippen molar-refractivity contribution in [2.45, 2.75) is 57.1 Å². The molecule has 0 unspecified atom stereocenters. The predicted octanol–water partition coefficient (Wildman–Crippen LogP) is 1.02. The van der Waals surface area contributed by atoms with Gasteiger partial charge in [-0.2, -0.15) is 0 Å². The largest absolute Gasteiger partial charge is 0.345 e. The minimum Gasteiger partial charge on any atom is -0.345 e. The molecule has 0 radical (unpaired) electrons. The Labute approximate surface area is 73.2 Å². The fourth-order valence-corrected chi connectivity index (χ4v) is 2.17. The van der Waals surface area contributed by atoms with Gasteiger partial charge in [-0.05, 0) is 33.1 Å². The smallest absolute Gasteiger partial charge is 0.163 e. The first-order valence-corrected chi connectivity index (χ1v) is 4.70. The van der Waals surface area contributed by atoms with Crippen molar-refractivity contribution in [1.29, 1.82) is 0 Å². The van der Waals surface area contributed by atoms with Crippen molar-refractivity contribution in [3.8, 4) is 0 Å². The van der Waals surface area contributed by atoms with Crippen LogP contribution in [0.4, 0.5) is 0 Å². The van der Waals surface area contributed by atoms with Crippen LogP contribution in [0.25, 0.3) is 0 Å². The molecule has 2 rings (SSSR count). The summed E-state index contributed by atoms with van der Waals surface area (Å²) < 4.78 is 11.4. The molecule has 0 aromatic heterocycles. The Morgan fingerprint density at radius 2 is 2.00 bits per heavy atom. The molecule has 2 N–H and O–H groups in total. The number of rotatable bonds is 0. The second-order valence-electron chi connectivity index (χ2n) is 4.23. The molecular weight excluding hydrogens is 154 g/mol. The van der Waals surface area contributed by atoms with Gasteiger partial charge in [0.2, 0.25) is 0 Å². The van der Waals surface area contributed by atoms with Crippen molar-refractivity contribution in [2.75, 3.05) is 0 Å². The van der Waals surface area contributed by atoms with Gasteiger partial charge in [0.1, 0.15) is 6.10 Å². The highest BCUT2D eigenvalue weighted by Gasteiger charge is 2.45. The summed E-state index contributed by atoms with van der Waals surface area (Å²) in [5, 5.41) is 0. The Hall–Kier alpha value is -0.120. The molecule has 0 aromatic rings. The SMILES string of the molecule is CC1(C)O[C@H]2[C@H](CCC[C@@H]2N)O1. The molecule has 70 valence electrons. The van der Waals surface area contributed by atoms with Gasteiger partial charge in [-0.3, -0.25) is 0 Å². The lowest BCUT2D eigenvalue weighted by Gasteiger charge is -2.27. The molecule has 1 saturated carbocycles. The van der Waals surface area contributed by atoms with Crippen LogP contribution in [0.5, 0.6) is 0 Å². The van der Waals surface area contributed by atoms with Crippen molar-refractivity contribution in [2.24, 2.45) is 5.73 Å². The first-order valence-electron chi connectivity index (χ1n) is 4.70. The van der Waals surface area contributed by atoms with E-state index in [4.69, 9.17) is 15.2 Å². The van der Waals surface area contributed by atoms with Crippen LogP contribution in [0, 0.1) is 0 Å². The Morgan fingerprint density at radius 1 is 1.25 bits per heavy atom. The van der Waals surface area contributed by atoms with Crippen molar-refractivity contribution < 1.29 is 9.47 Å². The molecule has 2 fully saturated rings. The average molecular weight is 171 g/mol. The van der Waals surface area contributed by atoms with Gasteiger partial charge in [0.15, 0.2) is 5.79 Å². The predicted molar refractivity (Wildman–Crippen MR) is 45.7 cm³/mol. The zero-order chi connectivity index (χ0) is 8.77. The Morgan fingerprint density at radius 3 is 2.67 bits per heavy atom. The van der Waals surface area contributed by atoms with Crippen LogP contribution < -0.4 is 5.73 Å². The van der Waals surface area contributed by atoms with Crippen molar-refractivity contribution >= 4 is 0 Å². The zero-order valence-corrected chi connectivity index (χ0v) is 7.75. The Kier molecular flexibility index (Phi) is 1.90. The summed E-state index contributed by atoms with van der Waals surface area (Å²) in [5.74, 6) is -0.419. The maximum Gasteiger partial charge on any atom is 0.163 e. The van der Waals surface area contributed by atoms with Crippen LogP contribution in [-0.4, -0.2) is 24.0 Å². The Bertz CT molecular complexity index is 181. The van der Waals surface area contributed by atoms with Crippen LogP contribution in [0.3, 0.4) is 0 Å². The fraction of sp³-hybridized carbons (Fsp3) is 1.00. The minimum atomic E-state index is -0.419. The van der Waals surface area contributed by atoms with Gasteiger partial charge in [-0.25, -0.2) is 0 Å². The number of ether oxygens (including phenoxy) is 2. The number of nitrogens with two attached hydrogens (primary N) is 1. The van der Waals surface area contributed by atoms with Gasteiger partial charge in [0, 0.05) is 6.04 Å². The summed E-state index contributed by atoms with van der Waals surface area (Å²) >= 11 is 0. The molecule has 3 atom stereocenters. The van der Waals surface area contributed by atoms with E-state index >= 15 is 0 Å². The first-order chi connectivity index (χ1) is 5.58. The van der Waals surface area contributed by atoms with E-state index < -0.39 is 5.79 Å². The molecule has 1 heterocycles. The monoisotopic (exact) mass is 171 g/mol. The highest BCUT2D eigenvalue weighted by atomic mass is 16.8. The van der Waals surface area contributed by atoms with Gasteiger partial charge in [-0.1, -0.05) is 0 Å². The van der Waals surface area contributed by atoms with Crippen LogP contribution in [-0.2, 0) is 9.47 Å². The van der Waals surface area contributed by atoms with Gasteiger partial charge in [-0.15, -0.1) is 0 Å². The van der Waals surface area contributed by atoms with Gasteiger partial charge in [0.05, 0.1) is 6.10 Å². The van der Waals surface area contributed by atoms with E-state index in [2.05, 4.69) is 0 Å². The highest BCUT2D eigenvalue weighted by molar-refractivity contribution is 4.92. The molecule has 12 heavy (non-hydrogen) atoms. The van der Waals surface area contributed by atoms with E-state index in [1.54, 1.807) is 0 Å². The van der Waals surface area contributed by atoms with Crippen molar-refractivity contribution in [1.82, 2.24) is 0 Å². The topological polar surface area (TPSA) is 44.5 Å². The van der Waals surface area contributed by atoms with Crippen molar-refractivity contribution in [3.05, 3.63) is 0 Å². The quantitative estimate of drug-likeness (QED) is 0.591. The third kappa shape index (κ3) is 1.37. The van der Waals surface area contributed by atoms with Gasteiger partial charge >= 0.3 is 0 Å². The number of fused-ring (bicyclic) bond motifs is 1. The summed E-state index contributed by atoms with van der Waals surface area (Å²) in [6, 6.07) is 0.172. The lowest BCUT2D eigenvalue weighted by Crippen LogP contribution is -2.44. The molecule has 3 heteroatoms. The lowest BCUT2D eigenvalue weighted by atomic mass is 9.91. The van der Waals surface area contributed by atoms with Gasteiger partial charge in [0.25, 0.3) is 0 Å². The number of hydrogen-bond donors (Lipinski definition) is 1. The maximum absolute atomic E-state index is 5.94. The third-order valence-electron chi connectivity index (χ3n) is 2.67. The van der Waals surface area contributed by atoms with Crippen LogP contribution in [0.1, 0.15) is 33.1 Å². The second kappa shape index (κ2) is 2.69. The van der Waals surface area contributed by atoms with E-state index in [-0.39, 0.29) is 18.2 Å². The molecule has 0 aromatic carbocycles. The molecule has 0 amide bonds. The molecule has 0 bridgehead atoms. The summed E-state index contributed by atoms with van der Waals surface area (Å²) in [6.45, 7) is 3.91. The molecular formula is C9H17NO2. The van der Waals surface area contributed by atoms with Crippen LogP contribution in [0.2, 0.25) is 0 Å². The first kappa shape index (κ1) is 8.48. The van der Waals surface area contributed by atoms with E-state index in [1.807, 2.05) is 13.8 Å². The van der Waals surface area contributed by atoms with Crippen LogP contribution in [0.15, 0.2) is 0 Å². The van der Waals surface area contributed by atoms with Gasteiger partial charge < -0.3 is 15.2 Å². The second-order valence-corrected chi connectivity index (χ2v) is 4.23. The Balaban J connectivity index is 2.09. The van der Waals surface area contributed by atoms with E-state index in [0.29, 0.717) is 0 Å². The summed E-state index contributed by atoms with van der Waals surface area (Å²) in [6.07, 6.45) is 3.71. The molecule has 1 aliphatic carbocycles. The van der Waals surface area contributed by atoms with E-state index in [0.717, 1.165) is 12.8 Å². The number of hydrogen-bond acceptors (Lipinski definition) is 3. The summed E-state index contributed by atoms with van der Waals surface area (Å²) in [5.41, 5.74) is 5.94. The summed E-state index contributed by atoms with van der Waals surface area (Å²) in [7, 11) is 0. The molecule has 1 saturated heterocycles. The summed E-state index contributed by atoms with van der Waals surface area (Å²) in [4.78, 5) is 0. The van der Waals surface area contributed by atoms with Crippen LogP contribution >= 0.6 is 0 Å². The average Bonchev–Trinajstić information content (AvgIpc) is 2.25. The third-order valence-corrected chi connectivity index (χ3v) is 2.67. The minimum absolute atomic E-state index is 0.133. The molecule has 1 aliphatic heterocycles. The molecule has 3 nitrogen and oxygen atoms in total.